The quantitative estimate of drug-likeness (QED) is 0.787. The van der Waals surface area contributed by atoms with Gasteiger partial charge in [-0.05, 0) is 37.6 Å². The SMILES string of the molecule is Cc1ccc(-n2nnc(CO)c2COc2ccccc2)c(C)c1. The molecule has 1 aromatic heterocycles. The lowest BCUT2D eigenvalue weighted by Gasteiger charge is -2.12. The van der Waals surface area contributed by atoms with Gasteiger partial charge in [-0.2, -0.15) is 0 Å². The zero-order valence-corrected chi connectivity index (χ0v) is 13.2. The van der Waals surface area contributed by atoms with Crippen LogP contribution >= 0.6 is 0 Å². The summed E-state index contributed by atoms with van der Waals surface area (Å²) in [7, 11) is 0. The van der Waals surface area contributed by atoms with E-state index in [1.807, 2.05) is 49.4 Å². The van der Waals surface area contributed by atoms with E-state index in [1.165, 1.54) is 5.56 Å². The van der Waals surface area contributed by atoms with Gasteiger partial charge in [0, 0.05) is 0 Å². The minimum atomic E-state index is -0.168. The van der Waals surface area contributed by atoms with Crippen molar-refractivity contribution in [1.82, 2.24) is 15.0 Å². The summed E-state index contributed by atoms with van der Waals surface area (Å²) in [5.74, 6) is 0.768. The van der Waals surface area contributed by atoms with Crippen molar-refractivity contribution in [1.29, 1.82) is 0 Å². The van der Waals surface area contributed by atoms with Crippen molar-refractivity contribution in [3.8, 4) is 11.4 Å². The van der Waals surface area contributed by atoms with Gasteiger partial charge >= 0.3 is 0 Å². The highest BCUT2D eigenvalue weighted by atomic mass is 16.5. The molecule has 0 bridgehead atoms. The maximum absolute atomic E-state index is 9.52. The van der Waals surface area contributed by atoms with Crippen LogP contribution < -0.4 is 4.74 Å². The standard InChI is InChI=1S/C18H19N3O2/c1-13-8-9-17(14(2)10-13)21-18(16(11-22)19-20-21)12-23-15-6-4-3-5-7-15/h3-10,22H,11-12H2,1-2H3. The van der Waals surface area contributed by atoms with Gasteiger partial charge in [0.05, 0.1) is 12.3 Å². The molecule has 0 spiro atoms. The summed E-state index contributed by atoms with van der Waals surface area (Å²) >= 11 is 0. The molecule has 0 aliphatic heterocycles. The number of ether oxygens (including phenoxy) is 1. The Bertz CT molecular complexity index is 797. The van der Waals surface area contributed by atoms with Crippen molar-refractivity contribution < 1.29 is 9.84 Å². The molecule has 118 valence electrons. The molecule has 0 saturated heterocycles. The fraction of sp³-hybridized carbons (Fsp3) is 0.222. The average molecular weight is 309 g/mol. The van der Waals surface area contributed by atoms with Crippen molar-refractivity contribution in [3.05, 3.63) is 71.0 Å². The Kier molecular flexibility index (Phi) is 4.39. The van der Waals surface area contributed by atoms with Crippen LogP contribution in [0.5, 0.6) is 5.75 Å². The molecule has 3 rings (SSSR count). The molecule has 0 aliphatic carbocycles. The van der Waals surface area contributed by atoms with Crippen LogP contribution in [-0.2, 0) is 13.2 Å². The molecule has 5 heteroatoms. The molecule has 0 saturated carbocycles. The van der Waals surface area contributed by atoms with Gasteiger partial charge in [-0.15, -0.1) is 5.10 Å². The molecule has 0 unspecified atom stereocenters. The predicted octanol–water partition coefficient (Wildman–Crippen LogP) is 2.96. The van der Waals surface area contributed by atoms with Crippen LogP contribution in [0.4, 0.5) is 0 Å². The van der Waals surface area contributed by atoms with Crippen LogP contribution in [-0.4, -0.2) is 20.1 Å². The fourth-order valence-corrected chi connectivity index (χ4v) is 2.50. The van der Waals surface area contributed by atoms with Gasteiger partial charge in [0.25, 0.3) is 0 Å². The third-order valence-electron chi connectivity index (χ3n) is 3.69. The first-order valence-corrected chi connectivity index (χ1v) is 7.49. The number of aliphatic hydroxyl groups excluding tert-OH is 1. The molecule has 1 N–H and O–H groups in total. The van der Waals surface area contributed by atoms with E-state index in [0.29, 0.717) is 12.3 Å². The molecule has 0 aliphatic rings. The maximum Gasteiger partial charge on any atom is 0.132 e. The molecule has 0 atom stereocenters. The molecular formula is C18H19N3O2. The van der Waals surface area contributed by atoms with Crippen molar-refractivity contribution >= 4 is 0 Å². The number of aryl methyl sites for hydroxylation is 2. The van der Waals surface area contributed by atoms with Crippen LogP contribution in [0.3, 0.4) is 0 Å². The van der Waals surface area contributed by atoms with Crippen LogP contribution in [0.2, 0.25) is 0 Å². The highest BCUT2D eigenvalue weighted by Gasteiger charge is 2.15. The first-order valence-electron chi connectivity index (χ1n) is 7.49. The van der Waals surface area contributed by atoms with Gasteiger partial charge in [-0.3, -0.25) is 0 Å². The second-order valence-corrected chi connectivity index (χ2v) is 5.44. The van der Waals surface area contributed by atoms with E-state index in [2.05, 4.69) is 23.3 Å². The van der Waals surface area contributed by atoms with Gasteiger partial charge in [0.2, 0.25) is 0 Å². The minimum Gasteiger partial charge on any atom is -0.487 e. The number of hydrogen-bond donors (Lipinski definition) is 1. The first kappa shape index (κ1) is 15.2. The summed E-state index contributed by atoms with van der Waals surface area (Å²) in [6.45, 7) is 4.21. The fourth-order valence-electron chi connectivity index (χ4n) is 2.50. The van der Waals surface area contributed by atoms with E-state index >= 15 is 0 Å². The summed E-state index contributed by atoms with van der Waals surface area (Å²) in [6.07, 6.45) is 0. The van der Waals surface area contributed by atoms with Crippen molar-refractivity contribution in [2.45, 2.75) is 27.1 Å². The van der Waals surface area contributed by atoms with Crippen LogP contribution in [0.15, 0.2) is 48.5 Å². The second-order valence-electron chi connectivity index (χ2n) is 5.44. The van der Waals surface area contributed by atoms with Gasteiger partial charge in [-0.1, -0.05) is 41.1 Å². The van der Waals surface area contributed by atoms with Crippen LogP contribution in [0, 0.1) is 13.8 Å². The van der Waals surface area contributed by atoms with Gasteiger partial charge in [0.15, 0.2) is 0 Å². The molecular weight excluding hydrogens is 290 g/mol. The molecule has 5 nitrogen and oxygen atoms in total. The Morgan fingerprint density at radius 3 is 2.57 bits per heavy atom. The molecule has 0 fully saturated rings. The van der Waals surface area contributed by atoms with Crippen LogP contribution in [0.25, 0.3) is 5.69 Å². The first-order chi connectivity index (χ1) is 11.2. The summed E-state index contributed by atoms with van der Waals surface area (Å²) in [5.41, 5.74) is 4.51. The smallest absolute Gasteiger partial charge is 0.132 e. The minimum absolute atomic E-state index is 0.168. The number of rotatable bonds is 5. The Morgan fingerprint density at radius 1 is 1.09 bits per heavy atom. The highest BCUT2D eigenvalue weighted by molar-refractivity contribution is 5.43. The summed E-state index contributed by atoms with van der Waals surface area (Å²) in [4.78, 5) is 0. The maximum atomic E-state index is 9.52. The third kappa shape index (κ3) is 3.24. The Balaban J connectivity index is 1.94. The van der Waals surface area contributed by atoms with Crippen molar-refractivity contribution in [2.75, 3.05) is 0 Å². The Labute approximate surface area is 135 Å². The molecule has 0 radical (unpaired) electrons. The number of aliphatic hydroxyl groups is 1. The van der Waals surface area contributed by atoms with E-state index in [-0.39, 0.29) is 6.61 Å². The number of para-hydroxylation sites is 1. The number of hydrogen-bond acceptors (Lipinski definition) is 4. The highest BCUT2D eigenvalue weighted by Crippen LogP contribution is 2.20. The number of benzene rings is 2. The van der Waals surface area contributed by atoms with E-state index < -0.39 is 0 Å². The number of aromatic nitrogens is 3. The zero-order chi connectivity index (χ0) is 16.2. The lowest BCUT2D eigenvalue weighted by Crippen LogP contribution is -2.09. The van der Waals surface area contributed by atoms with Gasteiger partial charge in [-0.25, -0.2) is 4.68 Å². The lowest BCUT2D eigenvalue weighted by molar-refractivity contribution is 0.263. The molecule has 1 heterocycles. The number of nitrogens with zero attached hydrogens (tertiary/aromatic N) is 3. The molecule has 0 amide bonds. The normalized spacial score (nSPS) is 10.7. The molecule has 23 heavy (non-hydrogen) atoms. The Hall–Kier alpha value is -2.66. The van der Waals surface area contributed by atoms with E-state index in [4.69, 9.17) is 4.74 Å². The lowest BCUT2D eigenvalue weighted by atomic mass is 10.1. The second kappa shape index (κ2) is 6.62. The predicted molar refractivity (Wildman–Crippen MR) is 87.5 cm³/mol. The monoisotopic (exact) mass is 309 g/mol. The zero-order valence-electron chi connectivity index (χ0n) is 13.2. The summed E-state index contributed by atoms with van der Waals surface area (Å²) in [6, 6.07) is 15.7. The van der Waals surface area contributed by atoms with Crippen molar-refractivity contribution in [2.24, 2.45) is 0 Å². The van der Waals surface area contributed by atoms with E-state index in [1.54, 1.807) is 4.68 Å². The average Bonchev–Trinajstić information content (AvgIpc) is 2.96. The van der Waals surface area contributed by atoms with Crippen LogP contribution in [0.1, 0.15) is 22.5 Å². The van der Waals surface area contributed by atoms with E-state index in [9.17, 15) is 5.11 Å². The van der Waals surface area contributed by atoms with Gasteiger partial charge < -0.3 is 9.84 Å². The van der Waals surface area contributed by atoms with Gasteiger partial charge in [0.1, 0.15) is 23.7 Å². The molecule has 3 aromatic rings. The summed E-state index contributed by atoms with van der Waals surface area (Å²) in [5, 5.41) is 17.8. The van der Waals surface area contributed by atoms with E-state index in [0.717, 1.165) is 22.7 Å². The largest absolute Gasteiger partial charge is 0.487 e. The topological polar surface area (TPSA) is 60.2 Å². The summed E-state index contributed by atoms with van der Waals surface area (Å²) < 4.78 is 7.55. The third-order valence-corrected chi connectivity index (χ3v) is 3.69. The Morgan fingerprint density at radius 2 is 1.87 bits per heavy atom. The van der Waals surface area contributed by atoms with Crippen molar-refractivity contribution in [3.63, 3.8) is 0 Å². The molecule has 2 aromatic carbocycles.